The summed E-state index contributed by atoms with van der Waals surface area (Å²) in [4.78, 5) is 28.9. The quantitative estimate of drug-likeness (QED) is 0.453. The van der Waals surface area contributed by atoms with Gasteiger partial charge in [0.15, 0.2) is 5.43 Å². The Balaban J connectivity index is 1.73. The lowest BCUT2D eigenvalue weighted by atomic mass is 9.97. The summed E-state index contributed by atoms with van der Waals surface area (Å²) in [5.41, 5.74) is 4.52. The first-order valence-electron chi connectivity index (χ1n) is 10.5. The maximum atomic E-state index is 13.7. The van der Waals surface area contributed by atoms with Gasteiger partial charge in [0.25, 0.3) is 5.91 Å². The standard InChI is InChI=1S/C27H23NO4/c1-16-13-21-22(14-17(16)2)32-26-23(25(21)29)24(19-9-11-20(31-3)12-10-19)28(27(26)30)15-18-7-5-4-6-8-18/h4-14,24H,15H2,1-3H3. The van der Waals surface area contributed by atoms with E-state index in [1.54, 1.807) is 12.0 Å². The van der Waals surface area contributed by atoms with Gasteiger partial charge in [-0.05, 0) is 60.4 Å². The van der Waals surface area contributed by atoms with Crippen molar-refractivity contribution >= 4 is 16.9 Å². The van der Waals surface area contributed by atoms with Crippen LogP contribution in [-0.4, -0.2) is 17.9 Å². The Morgan fingerprint density at radius 2 is 1.62 bits per heavy atom. The average molecular weight is 425 g/mol. The highest BCUT2D eigenvalue weighted by Gasteiger charge is 2.42. The molecule has 2 heterocycles. The van der Waals surface area contributed by atoms with Gasteiger partial charge in [-0.15, -0.1) is 0 Å². The zero-order valence-corrected chi connectivity index (χ0v) is 18.2. The molecule has 0 bridgehead atoms. The molecule has 1 aliphatic rings. The number of amides is 1. The number of carbonyl (C=O) groups is 1. The van der Waals surface area contributed by atoms with Crippen molar-refractivity contribution in [1.29, 1.82) is 0 Å². The summed E-state index contributed by atoms with van der Waals surface area (Å²) in [6.07, 6.45) is 0. The van der Waals surface area contributed by atoms with Crippen LogP contribution in [0.3, 0.4) is 0 Å². The van der Waals surface area contributed by atoms with Crippen molar-refractivity contribution in [3.05, 3.63) is 111 Å². The highest BCUT2D eigenvalue weighted by atomic mass is 16.5. The molecule has 0 saturated carbocycles. The molecule has 1 amide bonds. The second-order valence-corrected chi connectivity index (χ2v) is 8.20. The van der Waals surface area contributed by atoms with Crippen molar-refractivity contribution in [3.8, 4) is 5.75 Å². The summed E-state index contributed by atoms with van der Waals surface area (Å²) in [6.45, 7) is 4.30. The number of aryl methyl sites for hydroxylation is 2. The first-order valence-corrected chi connectivity index (χ1v) is 10.5. The Morgan fingerprint density at radius 3 is 2.31 bits per heavy atom. The third-order valence-electron chi connectivity index (χ3n) is 6.21. The molecule has 32 heavy (non-hydrogen) atoms. The normalized spacial score (nSPS) is 15.3. The minimum atomic E-state index is -0.536. The summed E-state index contributed by atoms with van der Waals surface area (Å²) >= 11 is 0. The molecule has 0 aliphatic carbocycles. The lowest BCUT2D eigenvalue weighted by Gasteiger charge is -2.25. The number of hydrogen-bond donors (Lipinski definition) is 0. The number of nitrogens with zero attached hydrogens (tertiary/aromatic N) is 1. The molecule has 0 radical (unpaired) electrons. The Labute approximate surface area is 185 Å². The molecule has 4 aromatic rings. The number of methoxy groups -OCH3 is 1. The Kier molecular flexibility index (Phi) is 4.82. The molecule has 0 N–H and O–H groups in total. The maximum Gasteiger partial charge on any atom is 0.291 e. The molecule has 5 heteroatoms. The van der Waals surface area contributed by atoms with E-state index in [9.17, 15) is 9.59 Å². The topological polar surface area (TPSA) is 59.8 Å². The van der Waals surface area contributed by atoms with E-state index in [1.807, 2.05) is 80.6 Å². The van der Waals surface area contributed by atoms with Crippen molar-refractivity contribution in [1.82, 2.24) is 4.90 Å². The SMILES string of the molecule is COc1ccc(C2c3c(oc4cc(C)c(C)cc4c3=O)C(=O)N2Cc2ccccc2)cc1. The van der Waals surface area contributed by atoms with Crippen molar-refractivity contribution in [3.63, 3.8) is 0 Å². The fourth-order valence-electron chi connectivity index (χ4n) is 4.35. The monoisotopic (exact) mass is 425 g/mol. The lowest BCUT2D eigenvalue weighted by Crippen LogP contribution is -2.29. The molecule has 0 spiro atoms. The average Bonchev–Trinajstić information content (AvgIpc) is 3.08. The van der Waals surface area contributed by atoms with Gasteiger partial charge in [0, 0.05) is 6.54 Å². The number of ether oxygens (including phenoxy) is 1. The fourth-order valence-corrected chi connectivity index (χ4v) is 4.35. The molecule has 5 nitrogen and oxygen atoms in total. The summed E-state index contributed by atoms with van der Waals surface area (Å²) in [7, 11) is 1.61. The number of fused-ring (bicyclic) bond motifs is 2. The van der Waals surface area contributed by atoms with Crippen molar-refractivity contribution in [2.75, 3.05) is 7.11 Å². The molecule has 0 saturated heterocycles. The van der Waals surface area contributed by atoms with E-state index >= 15 is 0 Å². The number of hydrogen-bond acceptors (Lipinski definition) is 4. The van der Waals surface area contributed by atoms with E-state index in [0.29, 0.717) is 28.8 Å². The van der Waals surface area contributed by atoms with Crippen LogP contribution in [0.15, 0.2) is 75.9 Å². The van der Waals surface area contributed by atoms with Gasteiger partial charge in [0.1, 0.15) is 11.3 Å². The molecule has 3 aromatic carbocycles. The molecule has 1 aromatic heterocycles. The van der Waals surface area contributed by atoms with Crippen LogP contribution in [0.25, 0.3) is 11.0 Å². The van der Waals surface area contributed by atoms with E-state index in [0.717, 1.165) is 22.3 Å². The third-order valence-corrected chi connectivity index (χ3v) is 6.21. The van der Waals surface area contributed by atoms with Crippen molar-refractivity contribution in [2.45, 2.75) is 26.4 Å². The molecule has 1 unspecified atom stereocenters. The van der Waals surface area contributed by atoms with Crippen LogP contribution in [0.5, 0.6) is 5.75 Å². The van der Waals surface area contributed by atoms with Crippen molar-refractivity contribution < 1.29 is 13.9 Å². The van der Waals surface area contributed by atoms with Crippen molar-refractivity contribution in [2.24, 2.45) is 0 Å². The van der Waals surface area contributed by atoms with Crippen LogP contribution < -0.4 is 10.2 Å². The van der Waals surface area contributed by atoms with E-state index in [4.69, 9.17) is 9.15 Å². The van der Waals surface area contributed by atoms with Crippen LogP contribution in [-0.2, 0) is 6.54 Å². The fraction of sp³-hybridized carbons (Fsp3) is 0.185. The van der Waals surface area contributed by atoms with Gasteiger partial charge in [0.05, 0.1) is 24.1 Å². The zero-order chi connectivity index (χ0) is 22.4. The highest BCUT2D eigenvalue weighted by Crippen LogP contribution is 2.39. The molecule has 5 rings (SSSR count). The lowest BCUT2D eigenvalue weighted by molar-refractivity contribution is 0.0714. The van der Waals surface area contributed by atoms with E-state index in [-0.39, 0.29) is 17.1 Å². The summed E-state index contributed by atoms with van der Waals surface area (Å²) < 4.78 is 11.4. The van der Waals surface area contributed by atoms with E-state index in [1.165, 1.54) is 0 Å². The van der Waals surface area contributed by atoms with Gasteiger partial charge in [-0.3, -0.25) is 9.59 Å². The second kappa shape index (κ2) is 7.68. The third kappa shape index (κ3) is 3.17. The Morgan fingerprint density at radius 1 is 0.938 bits per heavy atom. The molecule has 1 aliphatic heterocycles. The molecule has 1 atom stereocenters. The van der Waals surface area contributed by atoms with E-state index in [2.05, 4.69) is 0 Å². The Bertz CT molecular complexity index is 1390. The first kappa shape index (κ1) is 20.1. The summed E-state index contributed by atoms with van der Waals surface area (Å²) in [6, 6.07) is 20.4. The molecular weight excluding hydrogens is 402 g/mol. The number of benzene rings is 3. The van der Waals surface area contributed by atoms with Gasteiger partial charge in [-0.25, -0.2) is 0 Å². The number of carbonyl (C=O) groups excluding carboxylic acids is 1. The van der Waals surface area contributed by atoms with Gasteiger partial charge in [0.2, 0.25) is 5.76 Å². The maximum absolute atomic E-state index is 13.7. The van der Waals surface area contributed by atoms with Crippen LogP contribution in [0.4, 0.5) is 0 Å². The van der Waals surface area contributed by atoms with Crippen LogP contribution >= 0.6 is 0 Å². The zero-order valence-electron chi connectivity index (χ0n) is 18.2. The highest BCUT2D eigenvalue weighted by molar-refractivity contribution is 5.99. The predicted octanol–water partition coefficient (Wildman–Crippen LogP) is 5.16. The minimum absolute atomic E-state index is 0.127. The van der Waals surface area contributed by atoms with Crippen LogP contribution in [0.1, 0.15) is 44.4 Å². The van der Waals surface area contributed by atoms with Crippen LogP contribution in [0, 0.1) is 13.8 Å². The number of rotatable bonds is 4. The minimum Gasteiger partial charge on any atom is -0.497 e. The van der Waals surface area contributed by atoms with Gasteiger partial charge in [-0.1, -0.05) is 42.5 Å². The van der Waals surface area contributed by atoms with E-state index < -0.39 is 6.04 Å². The molecule has 160 valence electrons. The largest absolute Gasteiger partial charge is 0.497 e. The summed E-state index contributed by atoms with van der Waals surface area (Å²) in [5, 5.41) is 0.500. The summed E-state index contributed by atoms with van der Waals surface area (Å²) in [5.74, 6) is 0.564. The van der Waals surface area contributed by atoms with Gasteiger partial charge < -0.3 is 14.1 Å². The molecular formula is C27H23NO4. The smallest absolute Gasteiger partial charge is 0.291 e. The second-order valence-electron chi connectivity index (χ2n) is 8.20. The van der Waals surface area contributed by atoms with Crippen LogP contribution in [0.2, 0.25) is 0 Å². The predicted molar refractivity (Wildman–Crippen MR) is 123 cm³/mol. The van der Waals surface area contributed by atoms with Gasteiger partial charge >= 0.3 is 0 Å². The molecule has 0 fully saturated rings. The first-order chi connectivity index (χ1) is 15.5. The van der Waals surface area contributed by atoms with Gasteiger partial charge in [-0.2, -0.15) is 0 Å². The Hall–Kier alpha value is -3.86.